The van der Waals surface area contributed by atoms with Crippen LogP contribution in [-0.2, 0) is 4.74 Å². The minimum Gasteiger partial charge on any atom is -1.00 e. The summed E-state index contributed by atoms with van der Waals surface area (Å²) in [5, 5.41) is 0. The van der Waals surface area contributed by atoms with E-state index in [0.717, 1.165) is 24.2 Å². The van der Waals surface area contributed by atoms with Gasteiger partial charge in [0.05, 0.1) is 53.5 Å². The monoisotopic (exact) mass is 512 g/mol. The molecule has 0 aromatic rings. The lowest BCUT2D eigenvalue weighted by Crippen LogP contribution is -3.00. The van der Waals surface area contributed by atoms with Crippen molar-refractivity contribution in [3.63, 3.8) is 0 Å². The van der Waals surface area contributed by atoms with Crippen LogP contribution in [0.3, 0.4) is 0 Å². The number of likely N-dealkylation sites (N-methyl/N-ethyl adjacent to an activating group) is 2. The summed E-state index contributed by atoms with van der Waals surface area (Å²) < 4.78 is 8.23. The molecule has 0 aromatic carbocycles. The number of nitrogens with zero attached hydrogens (tertiary/aromatic N) is 2. The number of rotatable bonds is 8. The van der Waals surface area contributed by atoms with E-state index < -0.39 is 0 Å². The second-order valence-corrected chi connectivity index (χ2v) is 6.44. The van der Waals surface area contributed by atoms with Crippen LogP contribution in [-0.4, -0.2) is 75.5 Å². The molecule has 0 amide bonds. The summed E-state index contributed by atoms with van der Waals surface area (Å²) in [4.78, 5) is 0. The lowest BCUT2D eigenvalue weighted by molar-refractivity contribution is -0.915. The highest BCUT2D eigenvalue weighted by Crippen LogP contribution is 2.15. The average molecular weight is 512 g/mol. The van der Waals surface area contributed by atoms with Crippen molar-refractivity contribution in [2.45, 2.75) is 33.1 Å². The van der Waals surface area contributed by atoms with Crippen molar-refractivity contribution in [3.05, 3.63) is 0 Å². The Hall–Kier alpha value is 1.34. The third-order valence-corrected chi connectivity index (χ3v) is 4.97. The fourth-order valence-corrected chi connectivity index (χ4v) is 2.71. The van der Waals surface area contributed by atoms with E-state index in [4.69, 9.17) is 4.74 Å². The van der Waals surface area contributed by atoms with Crippen molar-refractivity contribution >= 4 is 0 Å². The highest BCUT2D eigenvalue weighted by Gasteiger charge is 2.24. The number of hydrogen-bond acceptors (Lipinski definition) is 1. The number of quaternary nitrogens is 2. The summed E-state index contributed by atoms with van der Waals surface area (Å²) in [6, 6.07) is 0. The normalized spacial score (nSPS) is 18.0. The maximum absolute atomic E-state index is 5.87. The zero-order valence-electron chi connectivity index (χ0n) is 13.8. The largest absolute Gasteiger partial charge is 1.00 e. The van der Waals surface area contributed by atoms with E-state index in [9.17, 15) is 0 Å². The molecule has 0 N–H and O–H groups in total. The second-order valence-electron chi connectivity index (χ2n) is 6.44. The van der Waals surface area contributed by atoms with Crippen LogP contribution < -0.4 is 48.0 Å². The molecule has 124 valence electrons. The smallest absolute Gasteiger partial charge is 0.102 e. The van der Waals surface area contributed by atoms with Gasteiger partial charge in [-0.05, 0) is 33.1 Å². The van der Waals surface area contributed by atoms with Crippen molar-refractivity contribution in [1.29, 1.82) is 0 Å². The maximum atomic E-state index is 5.87. The van der Waals surface area contributed by atoms with E-state index in [0.29, 0.717) is 0 Å². The molecule has 1 saturated heterocycles. The molecule has 3 nitrogen and oxygen atoms in total. The molecule has 0 saturated carbocycles. The summed E-state index contributed by atoms with van der Waals surface area (Å²) in [5.74, 6) is 0. The number of ether oxygens (including phenoxy) is 1. The zero-order valence-corrected chi connectivity index (χ0v) is 18.2. The van der Waals surface area contributed by atoms with Gasteiger partial charge < -0.3 is 61.7 Å². The second kappa shape index (κ2) is 11.8. The Morgan fingerprint density at radius 1 is 0.950 bits per heavy atom. The first-order valence-corrected chi connectivity index (χ1v) is 7.78. The number of hydrogen-bond donors (Lipinski definition) is 0. The number of halogens is 2. The molecule has 5 heteroatoms. The van der Waals surface area contributed by atoms with Crippen LogP contribution in [0.5, 0.6) is 0 Å². The summed E-state index contributed by atoms with van der Waals surface area (Å²) >= 11 is 0. The highest BCUT2D eigenvalue weighted by atomic mass is 127. The van der Waals surface area contributed by atoms with Gasteiger partial charge in [0.1, 0.15) is 13.1 Å². The van der Waals surface area contributed by atoms with Crippen LogP contribution >= 0.6 is 0 Å². The number of likely N-dealkylation sites (tertiary alicyclic amines) is 1. The number of piperidine rings is 1. The van der Waals surface area contributed by atoms with Gasteiger partial charge in [-0.2, -0.15) is 0 Å². The van der Waals surface area contributed by atoms with Crippen LogP contribution in [0.15, 0.2) is 0 Å². The van der Waals surface area contributed by atoms with Crippen molar-refractivity contribution in [2.24, 2.45) is 0 Å². The molecule has 0 radical (unpaired) electrons. The van der Waals surface area contributed by atoms with E-state index in [1.807, 2.05) is 0 Å². The Kier molecular flexibility index (Phi) is 14.0. The van der Waals surface area contributed by atoms with Gasteiger partial charge in [0.25, 0.3) is 0 Å². The molecule has 1 fully saturated rings. The van der Waals surface area contributed by atoms with E-state index in [1.165, 1.54) is 56.5 Å². The topological polar surface area (TPSA) is 9.23 Å². The molecule has 0 aliphatic carbocycles. The first kappa shape index (κ1) is 23.6. The van der Waals surface area contributed by atoms with E-state index in [-0.39, 0.29) is 48.0 Å². The van der Waals surface area contributed by atoms with Crippen LogP contribution in [0.2, 0.25) is 0 Å². The minimum atomic E-state index is 0. The molecule has 0 atom stereocenters. The van der Waals surface area contributed by atoms with Gasteiger partial charge >= 0.3 is 0 Å². The van der Waals surface area contributed by atoms with Gasteiger partial charge in [0.2, 0.25) is 0 Å². The van der Waals surface area contributed by atoms with Crippen LogP contribution in [0.25, 0.3) is 0 Å². The van der Waals surface area contributed by atoms with Crippen LogP contribution in [0.1, 0.15) is 33.1 Å². The lowest BCUT2D eigenvalue weighted by Gasteiger charge is -2.37. The molecular formula is C15H34I2N2O. The predicted molar refractivity (Wildman–Crippen MR) is 77.6 cm³/mol. The summed E-state index contributed by atoms with van der Waals surface area (Å²) in [7, 11) is 4.71. The van der Waals surface area contributed by atoms with Gasteiger partial charge in [-0.1, -0.05) is 0 Å². The predicted octanol–water partition coefficient (Wildman–Crippen LogP) is -3.87. The van der Waals surface area contributed by atoms with Gasteiger partial charge in [-0.15, -0.1) is 0 Å². The molecule has 1 aliphatic rings. The van der Waals surface area contributed by atoms with Crippen molar-refractivity contribution in [3.8, 4) is 0 Å². The molecule has 0 unspecified atom stereocenters. The first-order valence-electron chi connectivity index (χ1n) is 7.78. The van der Waals surface area contributed by atoms with E-state index >= 15 is 0 Å². The molecule has 1 heterocycles. The van der Waals surface area contributed by atoms with Gasteiger partial charge in [-0.25, -0.2) is 0 Å². The fraction of sp³-hybridized carbons (Fsp3) is 1.00. The van der Waals surface area contributed by atoms with Crippen LogP contribution in [0, 0.1) is 0 Å². The Labute approximate surface area is 160 Å². The molecule has 20 heavy (non-hydrogen) atoms. The molecule has 0 bridgehead atoms. The zero-order chi connectivity index (χ0) is 13.5. The highest BCUT2D eigenvalue weighted by molar-refractivity contribution is 4.51. The Bertz CT molecular complexity index is 230. The minimum absolute atomic E-state index is 0. The average Bonchev–Trinajstić information content (AvgIpc) is 2.39. The van der Waals surface area contributed by atoms with Gasteiger partial charge in [-0.3, -0.25) is 0 Å². The standard InChI is InChI=1S/C15H34N2O.2HI/c1-5-16(3,6-2)12-14-18-15-13-17(4)10-8-7-9-11-17;;/h5-15H2,1-4H3;2*1H/q+2;;/p-2. The van der Waals surface area contributed by atoms with E-state index in [1.54, 1.807) is 0 Å². The quantitative estimate of drug-likeness (QED) is 0.184. The summed E-state index contributed by atoms with van der Waals surface area (Å²) in [6.45, 7) is 13.8. The first-order chi connectivity index (χ1) is 8.54. The summed E-state index contributed by atoms with van der Waals surface area (Å²) in [6.07, 6.45) is 4.23. The van der Waals surface area contributed by atoms with E-state index in [2.05, 4.69) is 27.9 Å². The molecule has 1 aliphatic heterocycles. The molecule has 1 rings (SSSR count). The molecule has 0 spiro atoms. The van der Waals surface area contributed by atoms with Gasteiger partial charge in [0.15, 0.2) is 0 Å². The van der Waals surface area contributed by atoms with Crippen molar-refractivity contribution in [2.75, 3.05) is 66.6 Å². The SMILES string of the molecule is CC[N+](C)(CC)CCOCC[N+]1(C)CCCCC1.[I-].[I-]. The van der Waals surface area contributed by atoms with Crippen molar-refractivity contribution < 1.29 is 61.7 Å². The van der Waals surface area contributed by atoms with Gasteiger partial charge in [0, 0.05) is 0 Å². The Balaban J connectivity index is 0. The third kappa shape index (κ3) is 8.70. The maximum Gasteiger partial charge on any atom is 0.102 e. The fourth-order valence-electron chi connectivity index (χ4n) is 2.71. The molecular weight excluding hydrogens is 478 g/mol. The third-order valence-electron chi connectivity index (χ3n) is 4.97. The molecule has 0 aromatic heterocycles. The van der Waals surface area contributed by atoms with Crippen LogP contribution in [0.4, 0.5) is 0 Å². The Morgan fingerprint density at radius 2 is 1.50 bits per heavy atom. The summed E-state index contributed by atoms with van der Waals surface area (Å²) in [5.41, 5.74) is 0. The Morgan fingerprint density at radius 3 is 2.00 bits per heavy atom. The lowest BCUT2D eigenvalue weighted by atomic mass is 10.1. The van der Waals surface area contributed by atoms with Crippen molar-refractivity contribution in [1.82, 2.24) is 0 Å².